The van der Waals surface area contributed by atoms with E-state index in [-0.39, 0.29) is 30.3 Å². The molecule has 2 rings (SSSR count). The number of fused-ring (bicyclic) bond motifs is 2. The molecule has 0 spiro atoms. The third-order valence-electron chi connectivity index (χ3n) is 2.92. The van der Waals surface area contributed by atoms with Crippen molar-refractivity contribution in [3.63, 3.8) is 0 Å². The Labute approximate surface area is 77.3 Å². The van der Waals surface area contributed by atoms with Gasteiger partial charge in [0, 0.05) is 25.4 Å². The smallest absolute Gasteiger partial charge is 0.302 e. The van der Waals surface area contributed by atoms with Gasteiger partial charge < -0.3 is 15.2 Å². The van der Waals surface area contributed by atoms with Crippen molar-refractivity contribution in [1.29, 1.82) is 0 Å². The predicted octanol–water partition coefficient (Wildman–Crippen LogP) is -0.197. The van der Waals surface area contributed by atoms with Crippen LogP contribution in [0.3, 0.4) is 0 Å². The number of aliphatic hydroxyl groups is 1. The first-order chi connectivity index (χ1) is 6.16. The van der Waals surface area contributed by atoms with Crippen LogP contribution in [0.15, 0.2) is 0 Å². The van der Waals surface area contributed by atoms with Crippen molar-refractivity contribution in [3.8, 4) is 0 Å². The molecule has 0 unspecified atom stereocenters. The number of aliphatic hydroxyl groups excluding tert-OH is 1. The topological polar surface area (TPSA) is 58.6 Å². The van der Waals surface area contributed by atoms with E-state index in [0.717, 1.165) is 19.3 Å². The minimum atomic E-state index is -0.267. The molecule has 2 fully saturated rings. The first kappa shape index (κ1) is 8.97. The molecule has 2 bridgehead atoms. The van der Waals surface area contributed by atoms with Gasteiger partial charge >= 0.3 is 5.97 Å². The Morgan fingerprint density at radius 3 is 2.85 bits per heavy atom. The van der Waals surface area contributed by atoms with Crippen LogP contribution >= 0.6 is 0 Å². The molecule has 4 nitrogen and oxygen atoms in total. The van der Waals surface area contributed by atoms with Crippen LogP contribution in [0.4, 0.5) is 0 Å². The Bertz CT molecular complexity index is 219. The highest BCUT2D eigenvalue weighted by molar-refractivity contribution is 5.66. The lowest BCUT2D eigenvalue weighted by atomic mass is 10.0. The summed E-state index contributed by atoms with van der Waals surface area (Å²) in [4.78, 5) is 10.8. The molecule has 4 heteroatoms. The quantitative estimate of drug-likeness (QED) is 0.556. The Morgan fingerprint density at radius 2 is 2.23 bits per heavy atom. The first-order valence-corrected chi connectivity index (χ1v) is 4.78. The average molecular weight is 185 g/mol. The van der Waals surface area contributed by atoms with E-state index in [1.807, 2.05) is 0 Å². The number of carbonyl (C=O) groups is 1. The highest BCUT2D eigenvalue weighted by Gasteiger charge is 2.42. The summed E-state index contributed by atoms with van der Waals surface area (Å²) in [5, 5.41) is 12.8. The van der Waals surface area contributed by atoms with Crippen LogP contribution in [0.2, 0.25) is 0 Å². The van der Waals surface area contributed by atoms with E-state index >= 15 is 0 Å². The van der Waals surface area contributed by atoms with E-state index < -0.39 is 0 Å². The maximum atomic E-state index is 10.8. The van der Waals surface area contributed by atoms with Crippen LogP contribution in [-0.4, -0.2) is 35.4 Å². The van der Waals surface area contributed by atoms with E-state index in [1.165, 1.54) is 6.92 Å². The fraction of sp³-hybridized carbons (Fsp3) is 0.889. The number of ether oxygens (including phenoxy) is 1. The van der Waals surface area contributed by atoms with Gasteiger partial charge in [0.05, 0.1) is 6.10 Å². The van der Waals surface area contributed by atoms with Crippen LogP contribution in [0.5, 0.6) is 0 Å². The fourth-order valence-electron chi connectivity index (χ4n) is 2.30. The van der Waals surface area contributed by atoms with Crippen LogP contribution in [0.1, 0.15) is 26.2 Å². The Hall–Kier alpha value is -0.610. The van der Waals surface area contributed by atoms with Gasteiger partial charge in [-0.1, -0.05) is 0 Å². The third-order valence-corrected chi connectivity index (χ3v) is 2.92. The minimum Gasteiger partial charge on any atom is -0.461 e. The summed E-state index contributed by atoms with van der Waals surface area (Å²) >= 11 is 0. The zero-order valence-electron chi connectivity index (χ0n) is 7.69. The predicted molar refractivity (Wildman–Crippen MR) is 46.1 cm³/mol. The molecule has 0 aromatic rings. The normalized spacial score (nSPS) is 43.2. The van der Waals surface area contributed by atoms with Crippen LogP contribution in [0, 0.1) is 0 Å². The van der Waals surface area contributed by atoms with E-state index in [9.17, 15) is 9.90 Å². The highest BCUT2D eigenvalue weighted by atomic mass is 16.5. The van der Waals surface area contributed by atoms with Gasteiger partial charge in [0.15, 0.2) is 0 Å². The van der Waals surface area contributed by atoms with E-state index in [4.69, 9.17) is 4.74 Å². The number of nitrogens with one attached hydrogen (secondary N) is 1. The maximum absolute atomic E-state index is 10.8. The van der Waals surface area contributed by atoms with Gasteiger partial charge in [0.1, 0.15) is 6.10 Å². The maximum Gasteiger partial charge on any atom is 0.302 e. The number of hydrogen-bond donors (Lipinski definition) is 2. The molecule has 0 radical (unpaired) electrons. The summed E-state index contributed by atoms with van der Waals surface area (Å²) in [7, 11) is 0. The van der Waals surface area contributed by atoms with Gasteiger partial charge in [-0.2, -0.15) is 0 Å². The standard InChI is InChI=1S/C9H15NO3/c1-5(11)13-9-4-7-8(12)3-2-6(9)10-7/h6-10,12H,2-4H2,1H3/t6-,7-,8-,9+/m1/s1. The van der Waals surface area contributed by atoms with E-state index in [2.05, 4.69) is 5.32 Å². The molecule has 0 saturated carbocycles. The lowest BCUT2D eigenvalue weighted by Crippen LogP contribution is -2.44. The molecule has 74 valence electrons. The molecule has 2 aliphatic heterocycles. The first-order valence-electron chi connectivity index (χ1n) is 4.78. The summed E-state index contributed by atoms with van der Waals surface area (Å²) in [5.41, 5.74) is 0. The largest absolute Gasteiger partial charge is 0.461 e. The second-order valence-electron chi connectivity index (χ2n) is 3.91. The fourth-order valence-corrected chi connectivity index (χ4v) is 2.30. The Balaban J connectivity index is 1.98. The van der Waals surface area contributed by atoms with Crippen molar-refractivity contribution >= 4 is 5.97 Å². The molecular weight excluding hydrogens is 170 g/mol. The molecule has 2 aliphatic rings. The summed E-state index contributed by atoms with van der Waals surface area (Å²) in [6, 6.07) is 0.389. The number of hydrogen-bond acceptors (Lipinski definition) is 4. The minimum absolute atomic E-state index is 0.0281. The molecule has 2 heterocycles. The molecule has 2 N–H and O–H groups in total. The second-order valence-corrected chi connectivity index (χ2v) is 3.91. The lowest BCUT2D eigenvalue weighted by Gasteiger charge is -2.26. The molecule has 13 heavy (non-hydrogen) atoms. The van der Waals surface area contributed by atoms with Crippen molar-refractivity contribution in [2.45, 2.75) is 50.5 Å². The molecule has 2 saturated heterocycles. The number of carbonyl (C=O) groups excluding carboxylic acids is 1. The zero-order chi connectivity index (χ0) is 9.42. The van der Waals surface area contributed by atoms with Crippen molar-refractivity contribution in [1.82, 2.24) is 5.32 Å². The van der Waals surface area contributed by atoms with Gasteiger partial charge in [-0.05, 0) is 12.8 Å². The molecule has 0 aromatic carbocycles. The molecular formula is C9H15NO3. The second kappa shape index (κ2) is 3.27. The van der Waals surface area contributed by atoms with Crippen molar-refractivity contribution in [3.05, 3.63) is 0 Å². The number of esters is 1. The van der Waals surface area contributed by atoms with Gasteiger partial charge in [0.25, 0.3) is 0 Å². The third kappa shape index (κ3) is 1.69. The average Bonchev–Trinajstić information content (AvgIpc) is 2.37. The number of piperidine rings is 1. The number of rotatable bonds is 1. The van der Waals surface area contributed by atoms with E-state index in [1.54, 1.807) is 0 Å². The van der Waals surface area contributed by atoms with Gasteiger partial charge in [-0.15, -0.1) is 0 Å². The SMILES string of the molecule is CC(=O)O[C@H]1C[C@H]2N[C@@H]1CC[C@H]2O. The monoisotopic (exact) mass is 185 g/mol. The van der Waals surface area contributed by atoms with Gasteiger partial charge in [0.2, 0.25) is 0 Å². The Morgan fingerprint density at radius 1 is 1.46 bits per heavy atom. The van der Waals surface area contributed by atoms with Crippen LogP contribution < -0.4 is 5.32 Å². The molecule has 0 aromatic heterocycles. The Kier molecular flexibility index (Phi) is 2.26. The highest BCUT2D eigenvalue weighted by Crippen LogP contribution is 2.29. The van der Waals surface area contributed by atoms with Gasteiger partial charge in [-0.3, -0.25) is 4.79 Å². The summed E-state index contributed by atoms with van der Waals surface area (Å²) in [6.07, 6.45) is 2.18. The van der Waals surface area contributed by atoms with E-state index in [0.29, 0.717) is 0 Å². The van der Waals surface area contributed by atoms with Gasteiger partial charge in [-0.25, -0.2) is 0 Å². The summed E-state index contributed by atoms with van der Waals surface area (Å²) in [6.45, 7) is 1.43. The molecule has 4 atom stereocenters. The lowest BCUT2D eigenvalue weighted by molar-refractivity contribution is -0.146. The molecule has 0 amide bonds. The summed E-state index contributed by atoms with van der Waals surface area (Å²) in [5.74, 6) is -0.228. The van der Waals surface area contributed by atoms with Crippen LogP contribution in [0.25, 0.3) is 0 Å². The zero-order valence-corrected chi connectivity index (χ0v) is 7.69. The van der Waals surface area contributed by atoms with Crippen molar-refractivity contribution in [2.75, 3.05) is 0 Å². The van der Waals surface area contributed by atoms with Crippen molar-refractivity contribution < 1.29 is 14.6 Å². The van der Waals surface area contributed by atoms with Crippen LogP contribution in [-0.2, 0) is 9.53 Å². The van der Waals surface area contributed by atoms with Crippen molar-refractivity contribution in [2.24, 2.45) is 0 Å². The molecule has 0 aliphatic carbocycles. The summed E-state index contributed by atoms with van der Waals surface area (Å²) < 4.78 is 5.16.